The van der Waals surface area contributed by atoms with Gasteiger partial charge in [-0.25, -0.2) is 9.59 Å². The number of methoxy groups -OCH3 is 1. The van der Waals surface area contributed by atoms with Gasteiger partial charge in [-0.15, -0.1) is 0 Å². The van der Waals surface area contributed by atoms with Crippen LogP contribution in [0.25, 0.3) is 0 Å². The standard InChI is InChI=1S/C19H26N2O6/c1-19(2,3)27-18(23)20-14-10-16-15(9-13(14)17(22)24-4)21(6-8-26-16)12-5-7-25-11-12/h9-10,12H,5-8,11H2,1-4H3,(H,20,23). The van der Waals surface area contributed by atoms with Gasteiger partial charge in [0, 0.05) is 12.7 Å². The Kier molecular flexibility index (Phi) is 5.46. The lowest BCUT2D eigenvalue weighted by Crippen LogP contribution is -2.41. The van der Waals surface area contributed by atoms with Crippen LogP contribution in [0.3, 0.4) is 0 Å². The molecule has 1 unspecified atom stereocenters. The Hall–Kier alpha value is -2.48. The minimum Gasteiger partial charge on any atom is -0.489 e. The van der Waals surface area contributed by atoms with Gasteiger partial charge in [-0.2, -0.15) is 0 Å². The van der Waals surface area contributed by atoms with Crippen molar-refractivity contribution in [1.29, 1.82) is 0 Å². The summed E-state index contributed by atoms with van der Waals surface area (Å²) in [5, 5.41) is 2.63. The van der Waals surface area contributed by atoms with Crippen LogP contribution < -0.4 is 15.0 Å². The van der Waals surface area contributed by atoms with Crippen molar-refractivity contribution < 1.29 is 28.5 Å². The van der Waals surface area contributed by atoms with Crippen LogP contribution in [0.5, 0.6) is 5.75 Å². The van der Waals surface area contributed by atoms with Crippen molar-refractivity contribution in [1.82, 2.24) is 0 Å². The van der Waals surface area contributed by atoms with E-state index in [9.17, 15) is 9.59 Å². The molecule has 2 heterocycles. The minimum absolute atomic E-state index is 0.239. The van der Waals surface area contributed by atoms with Crippen LogP contribution in [0.1, 0.15) is 37.6 Å². The second kappa shape index (κ2) is 7.64. The third-order valence-electron chi connectivity index (χ3n) is 4.39. The van der Waals surface area contributed by atoms with Gasteiger partial charge in [0.1, 0.15) is 18.0 Å². The summed E-state index contributed by atoms with van der Waals surface area (Å²) in [4.78, 5) is 26.7. The number of ether oxygens (including phenoxy) is 4. The highest BCUT2D eigenvalue weighted by Gasteiger charge is 2.31. The first-order chi connectivity index (χ1) is 12.8. The number of carbonyl (C=O) groups is 2. The molecule has 0 spiro atoms. The summed E-state index contributed by atoms with van der Waals surface area (Å²) in [6, 6.07) is 3.58. The van der Waals surface area contributed by atoms with Crippen LogP contribution in [0.15, 0.2) is 12.1 Å². The highest BCUT2D eigenvalue weighted by atomic mass is 16.6. The molecule has 1 saturated heterocycles. The van der Waals surface area contributed by atoms with Gasteiger partial charge in [-0.05, 0) is 33.3 Å². The lowest BCUT2D eigenvalue weighted by Gasteiger charge is -2.35. The monoisotopic (exact) mass is 378 g/mol. The number of anilines is 2. The molecule has 1 aromatic carbocycles. The number of nitrogens with one attached hydrogen (secondary N) is 1. The highest BCUT2D eigenvalue weighted by Crippen LogP contribution is 2.39. The Balaban J connectivity index is 1.94. The van der Waals surface area contributed by atoms with E-state index in [4.69, 9.17) is 18.9 Å². The van der Waals surface area contributed by atoms with E-state index in [0.29, 0.717) is 31.2 Å². The molecule has 148 valence electrons. The first-order valence-corrected chi connectivity index (χ1v) is 9.02. The quantitative estimate of drug-likeness (QED) is 0.810. The molecule has 1 fully saturated rings. The molecular weight excluding hydrogens is 352 g/mol. The van der Waals surface area contributed by atoms with Gasteiger partial charge in [0.25, 0.3) is 0 Å². The van der Waals surface area contributed by atoms with E-state index < -0.39 is 17.7 Å². The van der Waals surface area contributed by atoms with Crippen LogP contribution in [0.4, 0.5) is 16.2 Å². The van der Waals surface area contributed by atoms with Gasteiger partial charge in [0.05, 0.1) is 43.2 Å². The first kappa shape index (κ1) is 19.3. The third-order valence-corrected chi connectivity index (χ3v) is 4.39. The largest absolute Gasteiger partial charge is 0.489 e. The molecule has 2 aliphatic heterocycles. The molecular formula is C19H26N2O6. The van der Waals surface area contributed by atoms with E-state index in [1.807, 2.05) is 0 Å². The fourth-order valence-electron chi connectivity index (χ4n) is 3.23. The van der Waals surface area contributed by atoms with Crippen molar-refractivity contribution in [3.8, 4) is 5.75 Å². The molecule has 1 aromatic rings. The zero-order valence-electron chi connectivity index (χ0n) is 16.2. The molecule has 27 heavy (non-hydrogen) atoms. The summed E-state index contributed by atoms with van der Waals surface area (Å²) in [6.07, 6.45) is 0.273. The van der Waals surface area contributed by atoms with Crippen molar-refractivity contribution >= 4 is 23.4 Å². The molecule has 1 atom stereocenters. The van der Waals surface area contributed by atoms with Crippen molar-refractivity contribution in [3.05, 3.63) is 17.7 Å². The number of fused-ring (bicyclic) bond motifs is 1. The molecule has 8 nitrogen and oxygen atoms in total. The lowest BCUT2D eigenvalue weighted by atomic mass is 10.1. The number of rotatable bonds is 3. The van der Waals surface area contributed by atoms with E-state index in [1.165, 1.54) is 7.11 Å². The molecule has 2 aliphatic rings. The molecule has 1 N–H and O–H groups in total. The van der Waals surface area contributed by atoms with Crippen molar-refractivity contribution in [3.63, 3.8) is 0 Å². The lowest BCUT2D eigenvalue weighted by molar-refractivity contribution is 0.0602. The minimum atomic E-state index is -0.653. The zero-order valence-corrected chi connectivity index (χ0v) is 16.2. The normalized spacial score (nSPS) is 19.1. The predicted octanol–water partition coefficient (Wildman–Crippen LogP) is 2.81. The summed E-state index contributed by atoms with van der Waals surface area (Å²) in [7, 11) is 1.30. The Morgan fingerprint density at radius 1 is 1.26 bits per heavy atom. The Morgan fingerprint density at radius 2 is 2.04 bits per heavy atom. The fourth-order valence-corrected chi connectivity index (χ4v) is 3.23. The van der Waals surface area contributed by atoms with E-state index >= 15 is 0 Å². The second-order valence-corrected chi connectivity index (χ2v) is 7.54. The summed E-state index contributed by atoms with van der Waals surface area (Å²) in [6.45, 7) is 7.90. The second-order valence-electron chi connectivity index (χ2n) is 7.54. The summed E-state index contributed by atoms with van der Waals surface area (Å²) >= 11 is 0. The van der Waals surface area contributed by atoms with Gasteiger partial charge in [-0.3, -0.25) is 5.32 Å². The SMILES string of the molecule is COC(=O)c1cc2c(cc1NC(=O)OC(C)(C)C)OCCN2C1CCOC1. The number of carbonyl (C=O) groups excluding carboxylic acids is 2. The van der Waals surface area contributed by atoms with Crippen molar-refractivity contribution in [2.75, 3.05) is 43.7 Å². The Bertz CT molecular complexity index is 722. The molecule has 0 aliphatic carbocycles. The van der Waals surface area contributed by atoms with Crippen molar-refractivity contribution in [2.45, 2.75) is 38.8 Å². The summed E-state index contributed by atoms with van der Waals surface area (Å²) in [5.74, 6) is 0.0592. The van der Waals surface area contributed by atoms with E-state index in [1.54, 1.807) is 32.9 Å². The molecule has 0 saturated carbocycles. The maximum Gasteiger partial charge on any atom is 0.412 e. The van der Waals surface area contributed by atoms with Crippen LogP contribution in [-0.2, 0) is 14.2 Å². The van der Waals surface area contributed by atoms with Gasteiger partial charge in [0.15, 0.2) is 0 Å². The third kappa shape index (κ3) is 4.44. The highest BCUT2D eigenvalue weighted by molar-refractivity contribution is 6.01. The van der Waals surface area contributed by atoms with Gasteiger partial charge < -0.3 is 23.8 Å². The smallest absolute Gasteiger partial charge is 0.412 e. The number of hydrogen-bond donors (Lipinski definition) is 1. The van der Waals surface area contributed by atoms with Crippen LogP contribution >= 0.6 is 0 Å². The number of nitrogens with zero attached hydrogens (tertiary/aromatic N) is 1. The predicted molar refractivity (Wildman–Crippen MR) is 99.7 cm³/mol. The average Bonchev–Trinajstić information content (AvgIpc) is 3.12. The zero-order chi connectivity index (χ0) is 19.6. The van der Waals surface area contributed by atoms with Crippen molar-refractivity contribution in [2.24, 2.45) is 0 Å². The van der Waals surface area contributed by atoms with E-state index in [2.05, 4.69) is 10.2 Å². The molecule has 0 bridgehead atoms. The number of esters is 1. The van der Waals surface area contributed by atoms with Gasteiger partial charge in [0.2, 0.25) is 0 Å². The maximum atomic E-state index is 12.3. The van der Waals surface area contributed by atoms with Gasteiger partial charge >= 0.3 is 12.1 Å². The maximum absolute atomic E-state index is 12.3. The van der Waals surface area contributed by atoms with Crippen LogP contribution in [0, 0.1) is 0 Å². The topological polar surface area (TPSA) is 86.3 Å². The number of benzene rings is 1. The van der Waals surface area contributed by atoms with Crippen LogP contribution in [-0.4, -0.2) is 57.2 Å². The Labute approximate surface area is 158 Å². The summed E-state index contributed by atoms with van der Waals surface area (Å²) in [5.41, 5.74) is 0.683. The molecule has 1 amide bonds. The molecule has 3 rings (SSSR count). The molecule has 0 radical (unpaired) electrons. The molecule has 8 heteroatoms. The van der Waals surface area contributed by atoms with E-state index in [0.717, 1.165) is 18.7 Å². The Morgan fingerprint density at radius 3 is 2.67 bits per heavy atom. The van der Waals surface area contributed by atoms with E-state index in [-0.39, 0.29) is 11.6 Å². The molecule has 0 aromatic heterocycles. The average molecular weight is 378 g/mol. The fraction of sp³-hybridized carbons (Fsp3) is 0.579. The summed E-state index contributed by atoms with van der Waals surface area (Å²) < 4.78 is 21.5. The van der Waals surface area contributed by atoms with Gasteiger partial charge in [-0.1, -0.05) is 0 Å². The first-order valence-electron chi connectivity index (χ1n) is 9.02. The number of hydrogen-bond acceptors (Lipinski definition) is 7. The number of amides is 1. The van der Waals surface area contributed by atoms with Crippen LogP contribution in [0.2, 0.25) is 0 Å².